The van der Waals surface area contributed by atoms with Gasteiger partial charge in [-0.25, -0.2) is 0 Å². The largest absolute Gasteiger partial charge is 0.481 e. The lowest BCUT2D eigenvalue weighted by molar-refractivity contribution is -0.143. The van der Waals surface area contributed by atoms with Crippen molar-refractivity contribution in [2.24, 2.45) is 5.92 Å². The van der Waals surface area contributed by atoms with Crippen molar-refractivity contribution in [2.75, 3.05) is 11.9 Å². The number of hydrogen-bond donors (Lipinski definition) is 1. The summed E-state index contributed by atoms with van der Waals surface area (Å²) in [7, 11) is 1.42. The number of halogens is 6. The number of alkyl halides is 6. The molecular formula is C34H36F6N2O3. The summed E-state index contributed by atoms with van der Waals surface area (Å²) >= 11 is 0. The number of carbonyl (C=O) groups is 2. The number of carboxylic acid groups (broad SMARTS) is 1. The summed E-state index contributed by atoms with van der Waals surface area (Å²) in [4.78, 5) is 31.4. The van der Waals surface area contributed by atoms with E-state index in [0.717, 1.165) is 30.4 Å². The number of nitrogens with zero attached hydrogens (tertiary/aromatic N) is 2. The van der Waals surface area contributed by atoms with Gasteiger partial charge in [-0.1, -0.05) is 37.6 Å². The van der Waals surface area contributed by atoms with E-state index < -0.39 is 51.7 Å². The Morgan fingerprint density at radius 3 is 2.09 bits per heavy atom. The van der Waals surface area contributed by atoms with Crippen LogP contribution in [0, 0.1) is 12.8 Å². The number of hydrogen-bond acceptors (Lipinski definition) is 3. The van der Waals surface area contributed by atoms with Crippen LogP contribution in [-0.2, 0) is 32.8 Å². The van der Waals surface area contributed by atoms with Crippen molar-refractivity contribution in [2.45, 2.75) is 83.0 Å². The van der Waals surface area contributed by atoms with Gasteiger partial charge in [0.15, 0.2) is 0 Å². The van der Waals surface area contributed by atoms with Gasteiger partial charge in [-0.3, -0.25) is 14.6 Å². The van der Waals surface area contributed by atoms with E-state index in [4.69, 9.17) is 4.98 Å². The van der Waals surface area contributed by atoms with Crippen molar-refractivity contribution in [1.29, 1.82) is 0 Å². The van der Waals surface area contributed by atoms with Crippen molar-refractivity contribution in [3.8, 4) is 11.1 Å². The number of benzene rings is 2. The Bertz CT molecular complexity index is 1570. The summed E-state index contributed by atoms with van der Waals surface area (Å²) < 4.78 is 81.8. The zero-order valence-corrected chi connectivity index (χ0v) is 25.7. The lowest BCUT2D eigenvalue weighted by atomic mass is 9.68. The van der Waals surface area contributed by atoms with Crippen molar-refractivity contribution in [3.63, 3.8) is 0 Å². The second-order valence-electron chi connectivity index (χ2n) is 12.8. The highest BCUT2D eigenvalue weighted by Gasteiger charge is 2.42. The molecule has 1 N–H and O–H groups in total. The van der Waals surface area contributed by atoms with E-state index >= 15 is 0 Å². The molecule has 3 aromatic rings. The maximum atomic E-state index is 14.0. The van der Waals surface area contributed by atoms with Crippen molar-refractivity contribution in [3.05, 3.63) is 82.7 Å². The number of likely N-dealkylation sites (N-methyl/N-ethyl adjacent to an activating group) is 1. The van der Waals surface area contributed by atoms with Crippen LogP contribution < -0.4 is 4.90 Å². The maximum absolute atomic E-state index is 14.0. The van der Waals surface area contributed by atoms with E-state index in [2.05, 4.69) is 0 Å². The first-order valence-corrected chi connectivity index (χ1v) is 14.6. The smallest absolute Gasteiger partial charge is 0.416 e. The minimum atomic E-state index is -5.06. The molecule has 4 rings (SSSR count). The molecule has 1 aromatic heterocycles. The fourth-order valence-electron chi connectivity index (χ4n) is 6.38. The molecule has 1 fully saturated rings. The average Bonchev–Trinajstić information content (AvgIpc) is 2.95. The van der Waals surface area contributed by atoms with Crippen LogP contribution in [-0.4, -0.2) is 29.0 Å². The molecule has 2 atom stereocenters. The Morgan fingerprint density at radius 2 is 1.53 bits per heavy atom. The minimum Gasteiger partial charge on any atom is -0.481 e. The Hall–Kier alpha value is -3.89. The fourth-order valence-corrected chi connectivity index (χ4v) is 6.38. The summed E-state index contributed by atoms with van der Waals surface area (Å²) in [5.41, 5.74) is -2.35. The molecule has 1 aliphatic rings. The second kappa shape index (κ2) is 12.1. The number of aliphatic carboxylic acids is 1. The predicted molar refractivity (Wildman–Crippen MR) is 159 cm³/mol. The van der Waals surface area contributed by atoms with E-state index in [1.807, 2.05) is 44.2 Å². The molecule has 1 aliphatic carbocycles. The molecule has 1 saturated carbocycles. The summed E-state index contributed by atoms with van der Waals surface area (Å²) in [5.74, 6) is -1.62. The normalized spacial score (nSPS) is 19.3. The molecule has 5 nitrogen and oxygen atoms in total. The Balaban J connectivity index is 1.81. The third-order valence-electron chi connectivity index (χ3n) is 8.99. The van der Waals surface area contributed by atoms with E-state index in [9.17, 15) is 41.0 Å². The first-order chi connectivity index (χ1) is 20.7. The van der Waals surface area contributed by atoms with Crippen LogP contribution in [0.25, 0.3) is 11.1 Å². The molecule has 1 amide bonds. The summed E-state index contributed by atoms with van der Waals surface area (Å²) in [6.07, 6.45) is -5.56. The van der Waals surface area contributed by atoms with E-state index in [1.54, 1.807) is 0 Å². The quantitative estimate of drug-likeness (QED) is 0.264. The third kappa shape index (κ3) is 7.17. The second-order valence-corrected chi connectivity index (χ2v) is 12.8. The SMILES string of the molecule is Cc1ccccc1-c1cc(C2(C)CCCC(CC(=O)O)C2)ncc1N(C)C(=O)C(C)(C)c1cc(C(F)(F)F)cc(C(F)(F)F)c1. The van der Waals surface area contributed by atoms with Crippen molar-refractivity contribution >= 4 is 17.6 Å². The third-order valence-corrected chi connectivity index (χ3v) is 8.99. The monoisotopic (exact) mass is 634 g/mol. The number of pyridine rings is 1. The molecule has 0 spiro atoms. The highest BCUT2D eigenvalue weighted by Crippen LogP contribution is 2.45. The number of amides is 1. The average molecular weight is 635 g/mol. The van der Waals surface area contributed by atoms with E-state index in [1.165, 1.54) is 32.0 Å². The zero-order valence-electron chi connectivity index (χ0n) is 25.7. The van der Waals surface area contributed by atoms with Gasteiger partial charge < -0.3 is 10.0 Å². The maximum Gasteiger partial charge on any atom is 0.416 e. The van der Waals surface area contributed by atoms with Crippen LogP contribution in [0.15, 0.2) is 54.7 Å². The lowest BCUT2D eigenvalue weighted by Crippen LogP contribution is -2.42. The number of anilines is 1. The molecular weight excluding hydrogens is 598 g/mol. The lowest BCUT2D eigenvalue weighted by Gasteiger charge is -2.38. The molecule has 1 heterocycles. The Morgan fingerprint density at radius 1 is 0.956 bits per heavy atom. The van der Waals surface area contributed by atoms with Gasteiger partial charge in [0.25, 0.3) is 0 Å². The van der Waals surface area contributed by atoms with Crippen LogP contribution in [0.3, 0.4) is 0 Å². The first kappa shape index (κ1) is 34.0. The van der Waals surface area contributed by atoms with Crippen LogP contribution in [0.2, 0.25) is 0 Å². The molecule has 11 heteroatoms. The van der Waals surface area contributed by atoms with Gasteiger partial charge in [0.05, 0.1) is 28.4 Å². The molecule has 0 bridgehead atoms. The predicted octanol–water partition coefficient (Wildman–Crippen LogP) is 8.96. The van der Waals surface area contributed by atoms with E-state index in [0.29, 0.717) is 35.5 Å². The highest BCUT2D eigenvalue weighted by atomic mass is 19.4. The Kier molecular flexibility index (Phi) is 9.17. The van der Waals surface area contributed by atoms with Crippen LogP contribution in [0.1, 0.15) is 80.8 Å². The van der Waals surface area contributed by atoms with Gasteiger partial charge in [-0.15, -0.1) is 0 Å². The van der Waals surface area contributed by atoms with Gasteiger partial charge in [0, 0.05) is 30.1 Å². The molecule has 2 unspecified atom stereocenters. The van der Waals surface area contributed by atoms with Gasteiger partial charge >= 0.3 is 18.3 Å². The summed E-state index contributed by atoms with van der Waals surface area (Å²) in [5, 5.41) is 9.37. The number of rotatable bonds is 7. The first-order valence-electron chi connectivity index (χ1n) is 14.6. The van der Waals surface area contributed by atoms with Gasteiger partial charge in [0.1, 0.15) is 0 Å². The highest BCUT2D eigenvalue weighted by molar-refractivity contribution is 6.03. The van der Waals surface area contributed by atoms with Gasteiger partial charge in [-0.2, -0.15) is 26.3 Å². The van der Waals surface area contributed by atoms with Crippen LogP contribution in [0.4, 0.5) is 32.0 Å². The Labute approximate surface area is 258 Å². The van der Waals surface area contributed by atoms with Crippen LogP contribution >= 0.6 is 0 Å². The standard InChI is InChI=1S/C34H36F6N2O3/c1-20-9-6-7-11-25(20)26-17-28(32(4)12-8-10-21(18-32)13-29(43)44)41-19-27(26)42(5)30(45)31(2,3)22-14-23(33(35,36)37)16-24(15-22)34(38,39)40/h6-7,9,11,14-17,19,21H,8,10,12-13,18H2,1-5H3,(H,43,44). The minimum absolute atomic E-state index is 0.0243. The molecule has 0 saturated heterocycles. The van der Waals surface area contributed by atoms with Gasteiger partial charge in [-0.05, 0) is 86.9 Å². The number of aryl methyl sites for hydroxylation is 1. The topological polar surface area (TPSA) is 70.5 Å². The molecule has 45 heavy (non-hydrogen) atoms. The molecule has 0 aliphatic heterocycles. The van der Waals surface area contributed by atoms with Crippen LogP contribution in [0.5, 0.6) is 0 Å². The molecule has 0 radical (unpaired) electrons. The molecule has 242 valence electrons. The van der Waals surface area contributed by atoms with E-state index in [-0.39, 0.29) is 18.4 Å². The summed E-state index contributed by atoms with van der Waals surface area (Å²) in [6, 6.07) is 10.5. The van der Waals surface area contributed by atoms with Gasteiger partial charge in [0.2, 0.25) is 5.91 Å². The number of aromatic nitrogens is 1. The zero-order chi connectivity index (χ0) is 33.5. The number of carboxylic acids is 1. The fraction of sp³-hybridized carbons (Fsp3) is 0.441. The van der Waals surface area contributed by atoms with Crippen molar-refractivity contribution in [1.82, 2.24) is 4.98 Å². The summed E-state index contributed by atoms with van der Waals surface area (Å²) in [6.45, 7) is 6.51. The number of carbonyl (C=O) groups excluding carboxylic acids is 1. The molecule has 2 aromatic carbocycles. The van der Waals surface area contributed by atoms with Crippen molar-refractivity contribution < 1.29 is 41.0 Å².